The number of sulfonamides is 1. The zero-order valence-corrected chi connectivity index (χ0v) is 17.3. The van der Waals surface area contributed by atoms with E-state index in [1.54, 1.807) is 54.6 Å². The third kappa shape index (κ3) is 4.66. The molecule has 29 heavy (non-hydrogen) atoms. The van der Waals surface area contributed by atoms with Gasteiger partial charge in [0.1, 0.15) is 0 Å². The van der Waals surface area contributed by atoms with Gasteiger partial charge in [-0.1, -0.05) is 61.5 Å². The van der Waals surface area contributed by atoms with Gasteiger partial charge in [-0.25, -0.2) is 8.42 Å². The molecule has 0 aromatic heterocycles. The Balaban J connectivity index is 1.83. The lowest BCUT2D eigenvalue weighted by molar-refractivity contribution is 0.0935. The van der Waals surface area contributed by atoms with Gasteiger partial charge in [0.05, 0.1) is 16.6 Å². The Bertz CT molecular complexity index is 1070. The summed E-state index contributed by atoms with van der Waals surface area (Å²) in [7, 11) is -2.22. The Hall–Kier alpha value is -3.12. The molecule has 0 aliphatic carbocycles. The molecule has 6 heteroatoms. The van der Waals surface area contributed by atoms with Gasteiger partial charge in [-0.05, 0) is 42.3 Å². The van der Waals surface area contributed by atoms with Crippen LogP contribution in [0.2, 0.25) is 0 Å². The number of carbonyl (C=O) groups excluding carboxylic acids is 1. The number of benzene rings is 3. The first-order valence-corrected chi connectivity index (χ1v) is 10.9. The molecule has 0 bridgehead atoms. The predicted octanol–water partition coefficient (Wildman–Crippen LogP) is 4.39. The lowest BCUT2D eigenvalue weighted by atomic mass is 10.0. The minimum Gasteiger partial charge on any atom is -0.345 e. The van der Waals surface area contributed by atoms with Crippen molar-refractivity contribution in [2.45, 2.75) is 24.3 Å². The molecule has 3 aromatic carbocycles. The summed E-state index contributed by atoms with van der Waals surface area (Å²) >= 11 is 0. The van der Waals surface area contributed by atoms with Gasteiger partial charge in [-0.3, -0.25) is 9.10 Å². The van der Waals surface area contributed by atoms with Crippen LogP contribution in [-0.2, 0) is 10.0 Å². The SMILES string of the molecule is CC[C@@H](NC(=O)c1cccc(N(C)S(=O)(=O)c2ccccc2)c1)c1ccccc1. The molecule has 0 aliphatic heterocycles. The van der Waals surface area contributed by atoms with Crippen LogP contribution in [-0.4, -0.2) is 21.4 Å². The van der Waals surface area contributed by atoms with Crippen LogP contribution in [0.3, 0.4) is 0 Å². The molecular weight excluding hydrogens is 384 g/mol. The lowest BCUT2D eigenvalue weighted by Crippen LogP contribution is -2.29. The minimum absolute atomic E-state index is 0.113. The van der Waals surface area contributed by atoms with Crippen LogP contribution in [0.5, 0.6) is 0 Å². The van der Waals surface area contributed by atoms with Crippen molar-refractivity contribution >= 4 is 21.6 Å². The van der Waals surface area contributed by atoms with E-state index in [-0.39, 0.29) is 16.8 Å². The topological polar surface area (TPSA) is 66.5 Å². The van der Waals surface area contributed by atoms with E-state index >= 15 is 0 Å². The largest absolute Gasteiger partial charge is 0.345 e. The van der Waals surface area contributed by atoms with Gasteiger partial charge in [-0.15, -0.1) is 0 Å². The van der Waals surface area contributed by atoms with Crippen molar-refractivity contribution in [1.29, 1.82) is 0 Å². The summed E-state index contributed by atoms with van der Waals surface area (Å²) in [6, 6.07) is 24.5. The first-order valence-electron chi connectivity index (χ1n) is 9.43. The quantitative estimate of drug-likeness (QED) is 0.630. The molecule has 0 saturated carbocycles. The summed E-state index contributed by atoms with van der Waals surface area (Å²) in [6.45, 7) is 2.01. The molecule has 5 nitrogen and oxygen atoms in total. The van der Waals surface area contributed by atoms with E-state index in [1.807, 2.05) is 37.3 Å². The standard InChI is InChI=1S/C23H24N2O3S/c1-3-22(18-11-6-4-7-12-18)24-23(26)19-13-10-14-20(17-19)25(2)29(27,28)21-15-8-5-9-16-21/h4-17,22H,3H2,1-2H3,(H,24,26)/t22-/m1/s1. The van der Waals surface area contributed by atoms with Crippen molar-refractivity contribution in [3.8, 4) is 0 Å². The number of rotatable bonds is 7. The van der Waals surface area contributed by atoms with Gasteiger partial charge in [0, 0.05) is 12.6 Å². The van der Waals surface area contributed by atoms with Crippen molar-refractivity contribution in [2.75, 3.05) is 11.4 Å². The second-order valence-electron chi connectivity index (χ2n) is 6.68. The average Bonchev–Trinajstić information content (AvgIpc) is 2.78. The normalized spacial score (nSPS) is 12.2. The van der Waals surface area contributed by atoms with E-state index in [9.17, 15) is 13.2 Å². The first kappa shape index (κ1) is 20.6. The highest BCUT2D eigenvalue weighted by atomic mass is 32.2. The highest BCUT2D eigenvalue weighted by Gasteiger charge is 2.22. The molecule has 0 aliphatic rings. The van der Waals surface area contributed by atoms with E-state index in [1.165, 1.54) is 11.4 Å². The third-order valence-electron chi connectivity index (χ3n) is 4.79. The molecule has 0 radical (unpaired) electrons. The third-order valence-corrected chi connectivity index (χ3v) is 6.59. The van der Waals surface area contributed by atoms with Crippen molar-refractivity contribution in [2.24, 2.45) is 0 Å². The number of nitrogens with one attached hydrogen (secondary N) is 1. The lowest BCUT2D eigenvalue weighted by Gasteiger charge is -2.21. The number of carbonyl (C=O) groups is 1. The van der Waals surface area contributed by atoms with Crippen LogP contribution in [0.1, 0.15) is 35.3 Å². The fraction of sp³-hybridized carbons (Fsp3) is 0.174. The Morgan fingerprint density at radius 3 is 2.17 bits per heavy atom. The fourth-order valence-electron chi connectivity index (χ4n) is 3.08. The average molecular weight is 409 g/mol. The van der Waals surface area contributed by atoms with Crippen LogP contribution in [0.25, 0.3) is 0 Å². The molecule has 0 saturated heterocycles. The van der Waals surface area contributed by atoms with Gasteiger partial charge < -0.3 is 5.32 Å². The van der Waals surface area contributed by atoms with E-state index in [0.717, 1.165) is 12.0 Å². The molecule has 0 spiro atoms. The van der Waals surface area contributed by atoms with E-state index < -0.39 is 10.0 Å². The molecule has 0 fully saturated rings. The van der Waals surface area contributed by atoms with Crippen molar-refractivity contribution in [3.63, 3.8) is 0 Å². The number of nitrogens with zero attached hydrogens (tertiary/aromatic N) is 1. The molecule has 0 heterocycles. The highest BCUT2D eigenvalue weighted by molar-refractivity contribution is 7.92. The minimum atomic E-state index is -3.70. The van der Waals surface area contributed by atoms with Crippen LogP contribution >= 0.6 is 0 Å². The Morgan fingerprint density at radius 1 is 0.931 bits per heavy atom. The smallest absolute Gasteiger partial charge is 0.264 e. The summed E-state index contributed by atoms with van der Waals surface area (Å²) in [6.07, 6.45) is 0.748. The summed E-state index contributed by atoms with van der Waals surface area (Å²) < 4.78 is 26.9. The predicted molar refractivity (Wildman–Crippen MR) is 115 cm³/mol. The number of amides is 1. The summed E-state index contributed by atoms with van der Waals surface area (Å²) in [5.74, 6) is -0.243. The highest BCUT2D eigenvalue weighted by Crippen LogP contribution is 2.23. The van der Waals surface area contributed by atoms with Gasteiger partial charge in [0.15, 0.2) is 0 Å². The van der Waals surface area contributed by atoms with Gasteiger partial charge in [0.2, 0.25) is 0 Å². The van der Waals surface area contributed by atoms with E-state index in [4.69, 9.17) is 0 Å². The maximum absolute atomic E-state index is 12.8. The molecular formula is C23H24N2O3S. The van der Waals surface area contributed by atoms with Crippen LogP contribution in [0, 0.1) is 0 Å². The maximum atomic E-state index is 12.8. The Kier molecular flexibility index (Phi) is 6.34. The molecule has 1 N–H and O–H groups in total. The van der Waals surface area contributed by atoms with Crippen molar-refractivity contribution in [1.82, 2.24) is 5.32 Å². The zero-order valence-electron chi connectivity index (χ0n) is 16.4. The van der Waals surface area contributed by atoms with Gasteiger partial charge in [0.25, 0.3) is 15.9 Å². The fourth-order valence-corrected chi connectivity index (χ4v) is 4.29. The molecule has 150 valence electrons. The second kappa shape index (κ2) is 8.92. The first-order chi connectivity index (χ1) is 13.9. The number of anilines is 1. The molecule has 3 rings (SSSR count). The number of hydrogen-bond acceptors (Lipinski definition) is 3. The van der Waals surface area contributed by atoms with E-state index in [2.05, 4.69) is 5.32 Å². The summed E-state index contributed by atoms with van der Waals surface area (Å²) in [5, 5.41) is 3.03. The molecule has 0 unspecified atom stereocenters. The van der Waals surface area contributed by atoms with Gasteiger partial charge in [-0.2, -0.15) is 0 Å². The molecule has 3 aromatic rings. The number of hydrogen-bond donors (Lipinski definition) is 1. The zero-order chi connectivity index (χ0) is 20.9. The second-order valence-corrected chi connectivity index (χ2v) is 8.65. The van der Waals surface area contributed by atoms with Crippen molar-refractivity contribution in [3.05, 3.63) is 96.1 Å². The van der Waals surface area contributed by atoms with Crippen LogP contribution in [0.4, 0.5) is 5.69 Å². The Labute approximate surface area is 172 Å². The maximum Gasteiger partial charge on any atom is 0.264 e. The molecule has 1 amide bonds. The van der Waals surface area contributed by atoms with Crippen LogP contribution < -0.4 is 9.62 Å². The monoisotopic (exact) mass is 408 g/mol. The van der Waals surface area contributed by atoms with E-state index in [0.29, 0.717) is 11.3 Å². The van der Waals surface area contributed by atoms with Gasteiger partial charge >= 0.3 is 0 Å². The Morgan fingerprint density at radius 2 is 1.55 bits per heavy atom. The van der Waals surface area contributed by atoms with Crippen molar-refractivity contribution < 1.29 is 13.2 Å². The summed E-state index contributed by atoms with van der Waals surface area (Å²) in [4.78, 5) is 13.0. The molecule has 1 atom stereocenters. The summed E-state index contributed by atoms with van der Waals surface area (Å²) in [5.41, 5.74) is 1.87. The van der Waals surface area contributed by atoms with Crippen LogP contribution in [0.15, 0.2) is 89.8 Å².